The average Bonchev–Trinajstić information content (AvgIpc) is 2.71. The van der Waals surface area contributed by atoms with E-state index in [9.17, 15) is 0 Å². The van der Waals surface area contributed by atoms with Crippen LogP contribution in [0.4, 0.5) is 0 Å². The van der Waals surface area contributed by atoms with Crippen LogP contribution >= 0.6 is 0 Å². The van der Waals surface area contributed by atoms with Gasteiger partial charge >= 0.3 is 0 Å². The molecule has 27 heavy (non-hydrogen) atoms. The summed E-state index contributed by atoms with van der Waals surface area (Å²) in [6.45, 7) is 4.55. The molecule has 0 unspecified atom stereocenters. The van der Waals surface area contributed by atoms with Crippen LogP contribution in [0.15, 0.2) is 78.9 Å². The van der Waals surface area contributed by atoms with Crippen molar-refractivity contribution in [3.8, 4) is 17.6 Å². The molecule has 0 atom stereocenters. The lowest BCUT2D eigenvalue weighted by atomic mass is 10.1. The largest absolute Gasteiger partial charge is 0.497 e. The second-order valence-corrected chi connectivity index (χ2v) is 6.65. The minimum atomic E-state index is 0.717. The third kappa shape index (κ3) is 6.02. The molecule has 0 heterocycles. The Balaban J connectivity index is 1.72. The van der Waals surface area contributed by atoms with Crippen LogP contribution < -0.4 is 4.74 Å². The number of hydrogen-bond donors (Lipinski definition) is 0. The second kappa shape index (κ2) is 9.62. The van der Waals surface area contributed by atoms with Gasteiger partial charge in [0.15, 0.2) is 0 Å². The number of benzene rings is 3. The minimum Gasteiger partial charge on any atom is -0.497 e. The lowest BCUT2D eigenvalue weighted by molar-refractivity contribution is 0.290. The standard InChI is InChI=1S/C25H25NO/c1-21-10-12-23(13-11-21)19-26(18-6-9-22-7-4-3-5-8-22)20-24-14-16-25(27-2)17-15-24/h3-5,7-8,10-17H,18-20H2,1-2H3. The maximum Gasteiger partial charge on any atom is 0.118 e. The fourth-order valence-electron chi connectivity index (χ4n) is 2.88. The van der Waals surface area contributed by atoms with Crippen LogP contribution in [0.3, 0.4) is 0 Å². The van der Waals surface area contributed by atoms with Crippen LogP contribution in [-0.4, -0.2) is 18.6 Å². The van der Waals surface area contributed by atoms with Crippen molar-refractivity contribution < 1.29 is 4.74 Å². The summed E-state index contributed by atoms with van der Waals surface area (Å²) in [6, 6.07) is 27.1. The number of nitrogens with zero attached hydrogens (tertiary/aromatic N) is 1. The first kappa shape index (κ1) is 18.8. The summed E-state index contributed by atoms with van der Waals surface area (Å²) in [7, 11) is 1.69. The number of ether oxygens (including phenoxy) is 1. The van der Waals surface area contributed by atoms with E-state index in [0.717, 1.165) is 30.9 Å². The van der Waals surface area contributed by atoms with Crippen LogP contribution in [0.2, 0.25) is 0 Å². The van der Waals surface area contributed by atoms with Gasteiger partial charge in [-0.15, -0.1) is 0 Å². The van der Waals surface area contributed by atoms with E-state index in [1.165, 1.54) is 16.7 Å². The van der Waals surface area contributed by atoms with Crippen LogP contribution in [0, 0.1) is 18.8 Å². The molecular formula is C25H25NO. The lowest BCUT2D eigenvalue weighted by Crippen LogP contribution is -2.23. The molecule has 3 aromatic carbocycles. The molecule has 0 fully saturated rings. The highest BCUT2D eigenvalue weighted by Crippen LogP contribution is 2.15. The quantitative estimate of drug-likeness (QED) is 0.573. The number of aryl methyl sites for hydroxylation is 1. The molecule has 3 aromatic rings. The van der Waals surface area contributed by atoms with Crippen molar-refractivity contribution >= 4 is 0 Å². The summed E-state index contributed by atoms with van der Waals surface area (Å²) >= 11 is 0. The van der Waals surface area contributed by atoms with Gasteiger partial charge in [-0.3, -0.25) is 4.90 Å². The summed E-state index contributed by atoms with van der Waals surface area (Å²) in [4.78, 5) is 2.36. The van der Waals surface area contributed by atoms with E-state index in [1.807, 2.05) is 42.5 Å². The van der Waals surface area contributed by atoms with Crippen molar-refractivity contribution in [3.63, 3.8) is 0 Å². The zero-order valence-electron chi connectivity index (χ0n) is 16.0. The molecule has 0 N–H and O–H groups in total. The highest BCUT2D eigenvalue weighted by Gasteiger charge is 2.06. The van der Waals surface area contributed by atoms with Gasteiger partial charge < -0.3 is 4.74 Å². The highest BCUT2D eigenvalue weighted by molar-refractivity contribution is 5.34. The smallest absolute Gasteiger partial charge is 0.118 e. The average molecular weight is 355 g/mol. The molecule has 0 radical (unpaired) electrons. The van der Waals surface area contributed by atoms with Gasteiger partial charge in [-0.05, 0) is 42.3 Å². The summed E-state index contributed by atoms with van der Waals surface area (Å²) in [5.41, 5.74) is 4.89. The number of methoxy groups -OCH3 is 1. The molecule has 0 aliphatic carbocycles. The van der Waals surface area contributed by atoms with Gasteiger partial charge in [-0.2, -0.15) is 0 Å². The normalized spacial score (nSPS) is 10.3. The Labute approximate surface area is 162 Å². The molecule has 0 bridgehead atoms. The Hall–Kier alpha value is -3.02. The van der Waals surface area contributed by atoms with E-state index < -0.39 is 0 Å². The molecule has 0 aromatic heterocycles. The SMILES string of the molecule is COc1ccc(CN(CC#Cc2ccccc2)Cc2ccc(C)cc2)cc1. The maximum absolute atomic E-state index is 5.26. The van der Waals surface area contributed by atoms with Gasteiger partial charge in [0.05, 0.1) is 13.7 Å². The van der Waals surface area contributed by atoms with Crippen LogP contribution in [0.25, 0.3) is 0 Å². The van der Waals surface area contributed by atoms with Crippen molar-refractivity contribution in [1.29, 1.82) is 0 Å². The molecular weight excluding hydrogens is 330 g/mol. The Kier molecular flexibility index (Phi) is 6.68. The molecule has 2 heteroatoms. The van der Waals surface area contributed by atoms with E-state index in [1.54, 1.807) is 7.11 Å². The molecule has 2 nitrogen and oxygen atoms in total. The van der Waals surface area contributed by atoms with E-state index in [4.69, 9.17) is 4.74 Å². The molecule has 0 aliphatic rings. The van der Waals surface area contributed by atoms with Crippen LogP contribution in [0.5, 0.6) is 5.75 Å². The first-order valence-electron chi connectivity index (χ1n) is 9.18. The Morgan fingerprint density at radius 3 is 1.96 bits per heavy atom. The van der Waals surface area contributed by atoms with Crippen LogP contribution in [0.1, 0.15) is 22.3 Å². The predicted octanol–water partition coefficient (Wildman–Crippen LogP) is 5.06. The highest BCUT2D eigenvalue weighted by atomic mass is 16.5. The summed E-state index contributed by atoms with van der Waals surface area (Å²) in [5, 5.41) is 0. The monoisotopic (exact) mass is 355 g/mol. The molecule has 0 saturated heterocycles. The third-order valence-electron chi connectivity index (χ3n) is 4.40. The maximum atomic E-state index is 5.26. The van der Waals surface area contributed by atoms with Crippen molar-refractivity contribution in [2.75, 3.05) is 13.7 Å². The van der Waals surface area contributed by atoms with Crippen molar-refractivity contribution in [2.45, 2.75) is 20.0 Å². The van der Waals surface area contributed by atoms with E-state index in [0.29, 0.717) is 0 Å². The van der Waals surface area contributed by atoms with E-state index in [2.05, 4.69) is 60.1 Å². The Morgan fingerprint density at radius 1 is 0.778 bits per heavy atom. The third-order valence-corrected chi connectivity index (χ3v) is 4.40. The zero-order valence-corrected chi connectivity index (χ0v) is 16.0. The Morgan fingerprint density at radius 2 is 1.37 bits per heavy atom. The van der Waals surface area contributed by atoms with Crippen molar-refractivity contribution in [1.82, 2.24) is 4.90 Å². The first-order valence-corrected chi connectivity index (χ1v) is 9.18. The first-order chi connectivity index (χ1) is 13.2. The van der Waals surface area contributed by atoms with Crippen molar-refractivity contribution in [2.24, 2.45) is 0 Å². The number of rotatable bonds is 6. The van der Waals surface area contributed by atoms with Crippen molar-refractivity contribution in [3.05, 3.63) is 101 Å². The molecule has 0 saturated carbocycles. The topological polar surface area (TPSA) is 12.5 Å². The van der Waals surface area contributed by atoms with Gasteiger partial charge in [0.2, 0.25) is 0 Å². The molecule has 0 amide bonds. The lowest BCUT2D eigenvalue weighted by Gasteiger charge is -2.20. The molecule has 3 rings (SSSR count). The summed E-state index contributed by atoms with van der Waals surface area (Å²) < 4.78 is 5.26. The summed E-state index contributed by atoms with van der Waals surface area (Å²) in [6.07, 6.45) is 0. The van der Waals surface area contributed by atoms with Gasteiger partial charge in [-0.1, -0.05) is 72.0 Å². The second-order valence-electron chi connectivity index (χ2n) is 6.65. The Bertz CT molecular complexity index is 887. The molecule has 136 valence electrons. The fourth-order valence-corrected chi connectivity index (χ4v) is 2.88. The fraction of sp³-hybridized carbons (Fsp3) is 0.200. The summed E-state index contributed by atoms with van der Waals surface area (Å²) in [5.74, 6) is 7.47. The molecule has 0 spiro atoms. The zero-order chi connectivity index (χ0) is 18.9. The van der Waals surface area contributed by atoms with Gasteiger partial charge in [0.1, 0.15) is 5.75 Å². The van der Waals surface area contributed by atoms with Gasteiger partial charge in [0.25, 0.3) is 0 Å². The van der Waals surface area contributed by atoms with Gasteiger partial charge in [-0.25, -0.2) is 0 Å². The van der Waals surface area contributed by atoms with Gasteiger partial charge in [0, 0.05) is 18.7 Å². The van der Waals surface area contributed by atoms with E-state index >= 15 is 0 Å². The van der Waals surface area contributed by atoms with E-state index in [-0.39, 0.29) is 0 Å². The number of hydrogen-bond acceptors (Lipinski definition) is 2. The minimum absolute atomic E-state index is 0.717. The molecule has 0 aliphatic heterocycles. The predicted molar refractivity (Wildman–Crippen MR) is 112 cm³/mol. The van der Waals surface area contributed by atoms with Crippen LogP contribution in [-0.2, 0) is 13.1 Å².